The predicted octanol–water partition coefficient (Wildman–Crippen LogP) is 13.7. The number of benzene rings is 8. The summed E-state index contributed by atoms with van der Waals surface area (Å²) in [5.41, 5.74) is 20.5. The minimum atomic E-state index is -0.442. The van der Waals surface area contributed by atoms with Gasteiger partial charge in [-0.3, -0.25) is 0 Å². The minimum Gasteiger partial charge on any atom is -0.456 e. The van der Waals surface area contributed by atoms with Crippen molar-refractivity contribution in [3.05, 3.63) is 209 Å². The van der Waals surface area contributed by atoms with E-state index in [-0.39, 0.29) is 5.41 Å². The van der Waals surface area contributed by atoms with Crippen LogP contribution in [0.25, 0.3) is 55.3 Å². The number of hydrogen-bond donors (Lipinski definition) is 0. The summed E-state index contributed by atoms with van der Waals surface area (Å²) in [5, 5.41) is 2.23. The molecule has 1 spiro atoms. The van der Waals surface area contributed by atoms with E-state index >= 15 is 0 Å². The van der Waals surface area contributed by atoms with Crippen LogP contribution in [0.1, 0.15) is 47.2 Å². The molecule has 0 bridgehead atoms. The predicted molar refractivity (Wildman–Crippen MR) is 222 cm³/mol. The average molecular weight is 690 g/mol. The summed E-state index contributed by atoms with van der Waals surface area (Å²) in [6, 6.07) is 65.2. The van der Waals surface area contributed by atoms with Gasteiger partial charge >= 0.3 is 0 Å². The fourth-order valence-electron chi connectivity index (χ4n) is 10.5. The monoisotopic (exact) mass is 689 g/mol. The van der Waals surface area contributed by atoms with Gasteiger partial charge in [0.05, 0.1) is 22.2 Å². The number of hydrogen-bond acceptors (Lipinski definition) is 2. The van der Waals surface area contributed by atoms with Gasteiger partial charge in [0.25, 0.3) is 0 Å². The van der Waals surface area contributed by atoms with Crippen LogP contribution in [0.5, 0.6) is 0 Å². The molecule has 9 aromatic rings. The fraction of sp³-hybridized carbons (Fsp3) is 0.0769. The van der Waals surface area contributed by atoms with Crippen molar-refractivity contribution in [1.82, 2.24) is 0 Å². The highest BCUT2D eigenvalue weighted by Gasteiger charge is 2.51. The van der Waals surface area contributed by atoms with Crippen LogP contribution in [-0.2, 0) is 10.8 Å². The molecule has 54 heavy (non-hydrogen) atoms. The third-order valence-corrected chi connectivity index (χ3v) is 12.7. The molecule has 12 rings (SSSR count). The Morgan fingerprint density at radius 2 is 0.926 bits per heavy atom. The maximum atomic E-state index is 6.54. The second-order valence-corrected chi connectivity index (χ2v) is 15.6. The zero-order chi connectivity index (χ0) is 35.8. The summed E-state index contributed by atoms with van der Waals surface area (Å²) in [6.07, 6.45) is 0. The molecule has 0 unspecified atom stereocenters. The maximum absolute atomic E-state index is 6.54. The summed E-state index contributed by atoms with van der Waals surface area (Å²) >= 11 is 0. The van der Waals surface area contributed by atoms with Crippen LogP contribution in [0.15, 0.2) is 180 Å². The van der Waals surface area contributed by atoms with E-state index in [1.165, 1.54) is 72.4 Å². The highest BCUT2D eigenvalue weighted by atomic mass is 16.3. The Hall–Kier alpha value is -6.64. The fourth-order valence-corrected chi connectivity index (χ4v) is 10.5. The van der Waals surface area contributed by atoms with Crippen LogP contribution in [0.2, 0.25) is 0 Å². The molecular weight excluding hydrogens is 655 g/mol. The number of nitrogens with zero attached hydrogens (tertiary/aromatic N) is 1. The van der Waals surface area contributed by atoms with Crippen LogP contribution in [0.3, 0.4) is 0 Å². The van der Waals surface area contributed by atoms with Gasteiger partial charge in [0, 0.05) is 22.1 Å². The van der Waals surface area contributed by atoms with E-state index in [9.17, 15) is 0 Å². The highest BCUT2D eigenvalue weighted by molar-refractivity contribution is 6.14. The van der Waals surface area contributed by atoms with Crippen molar-refractivity contribution >= 4 is 39.0 Å². The van der Waals surface area contributed by atoms with Crippen molar-refractivity contribution < 1.29 is 4.42 Å². The van der Waals surface area contributed by atoms with Crippen molar-refractivity contribution in [3.8, 4) is 33.4 Å². The van der Waals surface area contributed by atoms with Gasteiger partial charge in [-0.25, -0.2) is 0 Å². The Kier molecular flexibility index (Phi) is 5.81. The molecule has 1 heterocycles. The first-order valence-corrected chi connectivity index (χ1v) is 18.9. The molecule has 0 N–H and O–H groups in total. The zero-order valence-corrected chi connectivity index (χ0v) is 30.1. The lowest BCUT2D eigenvalue weighted by Gasteiger charge is -2.33. The molecule has 0 aliphatic heterocycles. The second kappa shape index (κ2) is 10.5. The van der Waals surface area contributed by atoms with Gasteiger partial charge in [0.2, 0.25) is 0 Å². The van der Waals surface area contributed by atoms with Gasteiger partial charge in [-0.2, -0.15) is 0 Å². The molecule has 8 aromatic carbocycles. The number of anilines is 3. The van der Waals surface area contributed by atoms with Crippen LogP contribution in [0.4, 0.5) is 17.1 Å². The number of fused-ring (bicyclic) bond motifs is 16. The third kappa shape index (κ3) is 3.60. The van der Waals surface area contributed by atoms with E-state index in [0.29, 0.717) is 0 Å². The largest absolute Gasteiger partial charge is 0.456 e. The Morgan fingerprint density at radius 1 is 0.407 bits per heavy atom. The summed E-state index contributed by atoms with van der Waals surface area (Å²) in [5.74, 6) is 0. The van der Waals surface area contributed by atoms with Gasteiger partial charge in [-0.15, -0.1) is 0 Å². The molecule has 0 saturated heterocycles. The van der Waals surface area contributed by atoms with Crippen molar-refractivity contribution in [2.75, 3.05) is 4.90 Å². The lowest BCUT2D eigenvalue weighted by Crippen LogP contribution is -2.26. The molecule has 0 radical (unpaired) electrons. The van der Waals surface area contributed by atoms with Gasteiger partial charge in [0.1, 0.15) is 11.2 Å². The normalized spacial score (nSPS) is 14.8. The standard InChI is InChI=1S/C52H35NO/c1-51(2)39-20-8-6-18-37(39)49-43(51)24-13-25-45(49)53(46-26-14-28-48-50(46)38-19-7-12-27-47(38)54-48)32-29-30-36-35-17-5-11-23-42(35)52(44(36)31-32)40-21-9-3-15-33(40)34-16-4-10-22-41(34)52/h3-31H,1-2H3. The van der Waals surface area contributed by atoms with Crippen molar-refractivity contribution in [1.29, 1.82) is 0 Å². The van der Waals surface area contributed by atoms with E-state index in [1.54, 1.807) is 0 Å². The first-order chi connectivity index (χ1) is 26.6. The molecule has 3 aliphatic carbocycles. The second-order valence-electron chi connectivity index (χ2n) is 15.6. The molecule has 2 nitrogen and oxygen atoms in total. The molecular formula is C52H35NO. The SMILES string of the molecule is CC1(C)c2ccccc2-c2c(N(c3ccc4c(c3)C3(c5ccccc5-c5ccccc53)c3ccccc3-4)c3cccc4oc5ccccc5c34)cccc21. The lowest BCUT2D eigenvalue weighted by atomic mass is 9.70. The van der Waals surface area contributed by atoms with Crippen molar-refractivity contribution in [2.45, 2.75) is 24.7 Å². The number of rotatable bonds is 3. The van der Waals surface area contributed by atoms with Crippen LogP contribution >= 0.6 is 0 Å². The average Bonchev–Trinajstić information content (AvgIpc) is 3.91. The Bertz CT molecular complexity index is 2990. The summed E-state index contributed by atoms with van der Waals surface area (Å²) < 4.78 is 6.54. The Labute approximate surface area is 314 Å². The maximum Gasteiger partial charge on any atom is 0.137 e. The van der Waals surface area contributed by atoms with Gasteiger partial charge in [0.15, 0.2) is 0 Å². The third-order valence-electron chi connectivity index (χ3n) is 12.7. The van der Waals surface area contributed by atoms with Gasteiger partial charge < -0.3 is 9.32 Å². The van der Waals surface area contributed by atoms with Gasteiger partial charge in [-0.05, 0) is 97.6 Å². The summed E-state index contributed by atoms with van der Waals surface area (Å²) in [7, 11) is 0. The quantitative estimate of drug-likeness (QED) is 0.184. The molecule has 0 saturated carbocycles. The molecule has 2 heteroatoms. The van der Waals surface area contributed by atoms with Crippen molar-refractivity contribution in [2.24, 2.45) is 0 Å². The van der Waals surface area contributed by atoms with Crippen molar-refractivity contribution in [3.63, 3.8) is 0 Å². The number of furan rings is 1. The molecule has 0 amide bonds. The topological polar surface area (TPSA) is 16.4 Å². The lowest BCUT2D eigenvalue weighted by molar-refractivity contribution is 0.660. The molecule has 0 atom stereocenters. The Morgan fingerprint density at radius 3 is 1.63 bits per heavy atom. The van der Waals surface area contributed by atoms with E-state index in [0.717, 1.165) is 33.3 Å². The first kappa shape index (κ1) is 29.9. The summed E-state index contributed by atoms with van der Waals surface area (Å²) in [4.78, 5) is 2.52. The van der Waals surface area contributed by atoms with E-state index < -0.39 is 5.41 Å². The van der Waals surface area contributed by atoms with Crippen LogP contribution in [0, 0.1) is 0 Å². The van der Waals surface area contributed by atoms with Gasteiger partial charge in [-0.1, -0.05) is 153 Å². The highest BCUT2D eigenvalue weighted by Crippen LogP contribution is 2.64. The van der Waals surface area contributed by atoms with E-state index in [2.05, 4.69) is 195 Å². The number of para-hydroxylation sites is 1. The van der Waals surface area contributed by atoms with Crippen LogP contribution < -0.4 is 4.90 Å². The molecule has 1 aromatic heterocycles. The zero-order valence-electron chi connectivity index (χ0n) is 30.1. The first-order valence-electron chi connectivity index (χ1n) is 18.9. The van der Waals surface area contributed by atoms with E-state index in [4.69, 9.17) is 4.42 Å². The molecule has 3 aliphatic rings. The smallest absolute Gasteiger partial charge is 0.137 e. The molecule has 254 valence electrons. The molecule has 0 fully saturated rings. The Balaban J connectivity index is 1.21. The minimum absolute atomic E-state index is 0.136. The summed E-state index contributed by atoms with van der Waals surface area (Å²) in [6.45, 7) is 4.73. The van der Waals surface area contributed by atoms with Crippen LogP contribution in [-0.4, -0.2) is 0 Å². The van der Waals surface area contributed by atoms with E-state index in [1.807, 2.05) is 0 Å².